The van der Waals surface area contributed by atoms with E-state index in [0.29, 0.717) is 0 Å². The molecule has 2 aromatic rings. The van der Waals surface area contributed by atoms with Crippen molar-refractivity contribution in [2.24, 2.45) is 0 Å². The van der Waals surface area contributed by atoms with Gasteiger partial charge in [0.2, 0.25) is 0 Å². The third-order valence-electron chi connectivity index (χ3n) is 2.08. The predicted octanol–water partition coefficient (Wildman–Crippen LogP) is 2.99. The standard InChI is InChI=1S/C13H11N2/c1-2-3-11-4-6-12(7-5-11)13-10-14-8-9-15-13/h2-10H,1H2/b3-2+. The molecule has 2 heteroatoms. The van der Waals surface area contributed by atoms with E-state index in [1.54, 1.807) is 24.7 Å². The first kappa shape index (κ1) is 9.59. The Morgan fingerprint density at radius 1 is 1.07 bits per heavy atom. The molecule has 0 bridgehead atoms. The maximum atomic E-state index is 4.23. The van der Waals surface area contributed by atoms with Crippen LogP contribution in [0.25, 0.3) is 17.3 Å². The molecule has 0 amide bonds. The van der Waals surface area contributed by atoms with Crippen LogP contribution in [0.15, 0.2) is 48.9 Å². The predicted molar refractivity (Wildman–Crippen MR) is 61.9 cm³/mol. The van der Waals surface area contributed by atoms with Crippen LogP contribution >= 0.6 is 0 Å². The fraction of sp³-hybridized carbons (Fsp3) is 0. The van der Waals surface area contributed by atoms with Crippen LogP contribution in [0.4, 0.5) is 0 Å². The van der Waals surface area contributed by atoms with Crippen LogP contribution in [0.5, 0.6) is 0 Å². The largest absolute Gasteiger partial charge is 0.261 e. The molecule has 1 aromatic carbocycles. The third-order valence-corrected chi connectivity index (χ3v) is 2.08. The van der Waals surface area contributed by atoms with Crippen LogP contribution in [-0.4, -0.2) is 9.97 Å². The van der Waals surface area contributed by atoms with Gasteiger partial charge in [-0.2, -0.15) is 0 Å². The quantitative estimate of drug-likeness (QED) is 0.736. The topological polar surface area (TPSA) is 25.8 Å². The van der Waals surface area contributed by atoms with Gasteiger partial charge < -0.3 is 0 Å². The summed E-state index contributed by atoms with van der Waals surface area (Å²) in [4.78, 5) is 8.27. The van der Waals surface area contributed by atoms with E-state index in [-0.39, 0.29) is 0 Å². The van der Waals surface area contributed by atoms with Crippen molar-refractivity contribution in [3.05, 3.63) is 61.4 Å². The molecular formula is C13H11N2. The summed E-state index contributed by atoms with van der Waals surface area (Å²) in [5, 5.41) is 0. The highest BCUT2D eigenvalue weighted by molar-refractivity contribution is 5.61. The lowest BCUT2D eigenvalue weighted by atomic mass is 10.1. The lowest BCUT2D eigenvalue weighted by Crippen LogP contribution is -1.83. The highest BCUT2D eigenvalue weighted by Gasteiger charge is 1.97. The van der Waals surface area contributed by atoms with Gasteiger partial charge in [0.1, 0.15) is 0 Å². The number of benzene rings is 1. The van der Waals surface area contributed by atoms with E-state index in [1.807, 2.05) is 30.3 Å². The lowest BCUT2D eigenvalue weighted by molar-refractivity contribution is 1.21. The van der Waals surface area contributed by atoms with Gasteiger partial charge in [0.25, 0.3) is 0 Å². The zero-order valence-corrected chi connectivity index (χ0v) is 8.30. The van der Waals surface area contributed by atoms with E-state index in [4.69, 9.17) is 0 Å². The summed E-state index contributed by atoms with van der Waals surface area (Å²) in [7, 11) is 0. The van der Waals surface area contributed by atoms with E-state index in [1.165, 1.54) is 0 Å². The number of hydrogen-bond acceptors (Lipinski definition) is 2. The molecule has 0 aliphatic heterocycles. The van der Waals surface area contributed by atoms with Crippen LogP contribution in [0.2, 0.25) is 0 Å². The minimum atomic E-state index is 0.891. The average Bonchev–Trinajstić information content (AvgIpc) is 2.32. The van der Waals surface area contributed by atoms with E-state index >= 15 is 0 Å². The van der Waals surface area contributed by atoms with Crippen molar-refractivity contribution in [3.63, 3.8) is 0 Å². The normalized spacial score (nSPS) is 10.7. The van der Waals surface area contributed by atoms with Crippen molar-refractivity contribution in [2.45, 2.75) is 0 Å². The molecule has 1 aromatic heterocycles. The molecule has 73 valence electrons. The number of nitrogens with zero attached hydrogens (tertiary/aromatic N) is 2. The summed E-state index contributed by atoms with van der Waals surface area (Å²) in [6.07, 6.45) is 8.85. The fourth-order valence-corrected chi connectivity index (χ4v) is 1.35. The molecular weight excluding hydrogens is 184 g/mol. The Morgan fingerprint density at radius 2 is 1.87 bits per heavy atom. The average molecular weight is 195 g/mol. The molecule has 0 saturated carbocycles. The lowest BCUT2D eigenvalue weighted by Gasteiger charge is -1.99. The van der Waals surface area contributed by atoms with Crippen molar-refractivity contribution >= 4 is 6.08 Å². The number of aromatic nitrogens is 2. The Labute approximate surface area is 89.3 Å². The van der Waals surface area contributed by atoms with Gasteiger partial charge in [-0.05, 0) is 12.5 Å². The molecule has 0 N–H and O–H groups in total. The van der Waals surface area contributed by atoms with E-state index in [9.17, 15) is 0 Å². The molecule has 0 spiro atoms. The molecule has 0 saturated heterocycles. The zero-order chi connectivity index (χ0) is 10.5. The molecule has 0 aliphatic carbocycles. The van der Waals surface area contributed by atoms with E-state index < -0.39 is 0 Å². The molecule has 1 radical (unpaired) electrons. The summed E-state index contributed by atoms with van der Waals surface area (Å²) in [5.74, 6) is 0. The van der Waals surface area contributed by atoms with Gasteiger partial charge in [-0.3, -0.25) is 9.97 Å². The summed E-state index contributed by atoms with van der Waals surface area (Å²) in [5.41, 5.74) is 3.10. The summed E-state index contributed by atoms with van der Waals surface area (Å²) < 4.78 is 0. The van der Waals surface area contributed by atoms with Crippen LogP contribution < -0.4 is 0 Å². The second-order valence-electron chi connectivity index (χ2n) is 3.12. The maximum Gasteiger partial charge on any atom is 0.0885 e. The van der Waals surface area contributed by atoms with Gasteiger partial charge >= 0.3 is 0 Å². The third kappa shape index (κ3) is 2.29. The molecule has 1 heterocycles. The second-order valence-corrected chi connectivity index (χ2v) is 3.12. The van der Waals surface area contributed by atoms with Gasteiger partial charge in [0.15, 0.2) is 0 Å². The van der Waals surface area contributed by atoms with Crippen LogP contribution in [0, 0.1) is 6.92 Å². The second kappa shape index (κ2) is 4.51. The minimum Gasteiger partial charge on any atom is -0.261 e. The van der Waals surface area contributed by atoms with Gasteiger partial charge in [-0.1, -0.05) is 36.4 Å². The van der Waals surface area contributed by atoms with Crippen molar-refractivity contribution < 1.29 is 0 Å². The molecule has 15 heavy (non-hydrogen) atoms. The first-order valence-corrected chi connectivity index (χ1v) is 4.72. The zero-order valence-electron chi connectivity index (χ0n) is 8.30. The molecule has 0 fully saturated rings. The summed E-state index contributed by atoms with van der Waals surface area (Å²) in [6, 6.07) is 8.12. The Kier molecular flexibility index (Phi) is 2.88. The van der Waals surface area contributed by atoms with Crippen LogP contribution in [0.1, 0.15) is 5.56 Å². The Bertz CT molecular complexity index is 444. The SMILES string of the molecule is [CH2]/C=C/c1ccc(-c2cnccn2)cc1. The number of hydrogen-bond donors (Lipinski definition) is 0. The number of rotatable bonds is 2. The first-order valence-electron chi connectivity index (χ1n) is 4.72. The summed E-state index contributed by atoms with van der Waals surface area (Å²) in [6.45, 7) is 3.66. The van der Waals surface area contributed by atoms with Crippen molar-refractivity contribution in [2.75, 3.05) is 0 Å². The smallest absolute Gasteiger partial charge is 0.0885 e. The van der Waals surface area contributed by atoms with Crippen LogP contribution in [-0.2, 0) is 0 Å². The van der Waals surface area contributed by atoms with Crippen molar-refractivity contribution in [1.29, 1.82) is 0 Å². The van der Waals surface area contributed by atoms with Crippen LogP contribution in [0.3, 0.4) is 0 Å². The Balaban J connectivity index is 2.32. The maximum absolute atomic E-state index is 4.23. The van der Waals surface area contributed by atoms with Gasteiger partial charge in [-0.15, -0.1) is 0 Å². The van der Waals surface area contributed by atoms with Crippen molar-refractivity contribution in [3.8, 4) is 11.3 Å². The number of allylic oxidation sites excluding steroid dienone is 1. The monoisotopic (exact) mass is 195 g/mol. The highest BCUT2D eigenvalue weighted by atomic mass is 14.8. The Hall–Kier alpha value is -1.96. The summed E-state index contributed by atoms with van der Waals surface area (Å²) >= 11 is 0. The first-order chi connectivity index (χ1) is 7.40. The van der Waals surface area contributed by atoms with Gasteiger partial charge in [0, 0.05) is 18.0 Å². The van der Waals surface area contributed by atoms with Gasteiger partial charge in [0.05, 0.1) is 11.9 Å². The van der Waals surface area contributed by atoms with Gasteiger partial charge in [-0.25, -0.2) is 0 Å². The molecule has 2 nitrogen and oxygen atoms in total. The molecule has 0 atom stereocenters. The molecule has 0 unspecified atom stereocenters. The highest BCUT2D eigenvalue weighted by Crippen LogP contribution is 2.16. The van der Waals surface area contributed by atoms with Crippen molar-refractivity contribution in [1.82, 2.24) is 9.97 Å². The van der Waals surface area contributed by atoms with E-state index in [0.717, 1.165) is 16.8 Å². The molecule has 0 aliphatic rings. The molecule has 2 rings (SSSR count). The fourth-order valence-electron chi connectivity index (χ4n) is 1.35. The Morgan fingerprint density at radius 3 is 2.47 bits per heavy atom. The van der Waals surface area contributed by atoms with E-state index in [2.05, 4.69) is 16.9 Å². The minimum absolute atomic E-state index is 0.891.